The molecule has 172 valence electrons. The fourth-order valence-electron chi connectivity index (χ4n) is 7.02. The van der Waals surface area contributed by atoms with Crippen molar-refractivity contribution in [3.05, 3.63) is 41.0 Å². The summed E-state index contributed by atoms with van der Waals surface area (Å²) in [6.07, 6.45) is 10.9. The van der Waals surface area contributed by atoms with E-state index in [2.05, 4.69) is 47.6 Å². The summed E-state index contributed by atoms with van der Waals surface area (Å²) in [6, 6.07) is 5.62. The molecule has 2 aliphatic rings. The van der Waals surface area contributed by atoms with Gasteiger partial charge >= 0.3 is 0 Å². The number of aromatic hydroxyl groups is 1. The Labute approximate surface area is 190 Å². The first-order valence-electron chi connectivity index (χ1n) is 12.6. The van der Waals surface area contributed by atoms with Crippen LogP contribution >= 0.6 is 0 Å². The molecule has 31 heavy (non-hydrogen) atoms. The lowest BCUT2D eigenvalue weighted by Crippen LogP contribution is -2.43. The molecule has 0 aliphatic heterocycles. The number of phenolic OH excluding ortho intramolecular Hbond substituents is 1. The summed E-state index contributed by atoms with van der Waals surface area (Å²) < 4.78 is 0. The second-order valence-electron chi connectivity index (χ2n) is 11.1. The minimum atomic E-state index is 0.194. The Hall–Kier alpha value is -1.57. The lowest BCUT2D eigenvalue weighted by Gasteiger charge is -2.46. The Morgan fingerprint density at radius 3 is 2.68 bits per heavy atom. The van der Waals surface area contributed by atoms with Crippen LogP contribution in [0.15, 0.2) is 29.8 Å². The number of aryl methyl sites for hydroxylation is 2. The van der Waals surface area contributed by atoms with E-state index in [9.17, 15) is 9.90 Å². The highest BCUT2D eigenvalue weighted by molar-refractivity contribution is 5.82. The topological polar surface area (TPSA) is 37.3 Å². The van der Waals surface area contributed by atoms with Crippen molar-refractivity contribution in [3.8, 4) is 5.75 Å². The van der Waals surface area contributed by atoms with Gasteiger partial charge in [0.2, 0.25) is 0 Å². The summed E-state index contributed by atoms with van der Waals surface area (Å²) in [7, 11) is 0. The number of hydrogen-bond acceptors (Lipinski definition) is 2. The van der Waals surface area contributed by atoms with Crippen LogP contribution in [-0.2, 0) is 11.2 Å². The molecule has 2 aliphatic carbocycles. The van der Waals surface area contributed by atoms with Gasteiger partial charge in [-0.1, -0.05) is 45.4 Å². The monoisotopic (exact) mass is 424 g/mol. The molecule has 0 aromatic heterocycles. The highest BCUT2D eigenvalue weighted by atomic mass is 16.3. The average Bonchev–Trinajstić information content (AvgIpc) is 3.07. The molecule has 0 amide bonds. The van der Waals surface area contributed by atoms with E-state index in [1.807, 2.05) is 12.1 Å². The van der Waals surface area contributed by atoms with Crippen LogP contribution < -0.4 is 0 Å². The second-order valence-corrected chi connectivity index (χ2v) is 11.1. The van der Waals surface area contributed by atoms with Crippen molar-refractivity contribution in [2.45, 2.75) is 92.9 Å². The number of fused-ring (bicyclic) bond motifs is 1. The predicted octanol–water partition coefficient (Wildman–Crippen LogP) is 7.66. The van der Waals surface area contributed by atoms with Crippen LogP contribution in [0.5, 0.6) is 5.75 Å². The highest BCUT2D eigenvalue weighted by Crippen LogP contribution is 2.60. The normalized spacial score (nSPS) is 30.0. The molecular formula is C29H44O2. The molecule has 0 heterocycles. The molecule has 0 spiro atoms. The Morgan fingerprint density at radius 1 is 1.26 bits per heavy atom. The van der Waals surface area contributed by atoms with Crippen molar-refractivity contribution in [3.63, 3.8) is 0 Å². The Morgan fingerprint density at radius 2 is 2.00 bits per heavy atom. The molecule has 2 heteroatoms. The number of rotatable bonds is 8. The van der Waals surface area contributed by atoms with E-state index in [1.165, 1.54) is 36.8 Å². The third-order valence-electron chi connectivity index (χ3n) is 9.04. The molecule has 0 radical (unpaired) electrons. The fourth-order valence-corrected chi connectivity index (χ4v) is 7.02. The van der Waals surface area contributed by atoms with Gasteiger partial charge in [-0.3, -0.25) is 4.79 Å². The predicted molar refractivity (Wildman–Crippen MR) is 130 cm³/mol. The van der Waals surface area contributed by atoms with Gasteiger partial charge in [0.1, 0.15) is 11.5 Å². The third-order valence-corrected chi connectivity index (χ3v) is 9.04. The van der Waals surface area contributed by atoms with Crippen molar-refractivity contribution in [2.24, 2.45) is 35.0 Å². The molecule has 0 saturated heterocycles. The van der Waals surface area contributed by atoms with E-state index >= 15 is 0 Å². The van der Waals surface area contributed by atoms with Crippen LogP contribution in [0.25, 0.3) is 0 Å². The second kappa shape index (κ2) is 9.92. The first-order valence-corrected chi connectivity index (χ1v) is 12.6. The molecule has 2 nitrogen and oxygen atoms in total. The van der Waals surface area contributed by atoms with Crippen LogP contribution in [0, 0.1) is 41.9 Å². The van der Waals surface area contributed by atoms with Crippen LogP contribution in [0.2, 0.25) is 0 Å². The molecule has 1 aromatic rings. The Bertz CT molecular complexity index is 805. The molecule has 1 N–H and O–H groups in total. The van der Waals surface area contributed by atoms with Crippen LogP contribution in [0.4, 0.5) is 0 Å². The average molecular weight is 425 g/mol. The number of Topliss-reactive ketones (excluding diaryl/α,β-unsaturated/α-hetero) is 1. The summed E-state index contributed by atoms with van der Waals surface area (Å²) in [5, 5.41) is 9.88. The van der Waals surface area contributed by atoms with Gasteiger partial charge in [-0.15, -0.1) is 0 Å². The summed E-state index contributed by atoms with van der Waals surface area (Å²) in [6.45, 7) is 13.9. The van der Waals surface area contributed by atoms with Crippen molar-refractivity contribution < 1.29 is 9.90 Å². The highest BCUT2D eigenvalue weighted by Gasteiger charge is 2.54. The van der Waals surface area contributed by atoms with E-state index in [0.717, 1.165) is 31.6 Å². The summed E-state index contributed by atoms with van der Waals surface area (Å²) in [5.41, 5.74) is 4.30. The number of carbonyl (C=O) groups excluding carboxylic acids is 1. The Kier molecular flexibility index (Phi) is 7.71. The number of carbonyl (C=O) groups is 1. The van der Waals surface area contributed by atoms with Gasteiger partial charge in [-0.25, -0.2) is 0 Å². The minimum Gasteiger partial charge on any atom is -0.508 e. The van der Waals surface area contributed by atoms with E-state index < -0.39 is 0 Å². The number of phenols is 1. The lowest BCUT2D eigenvalue weighted by atomic mass is 9.58. The summed E-state index contributed by atoms with van der Waals surface area (Å²) >= 11 is 0. The lowest BCUT2D eigenvalue weighted by molar-refractivity contribution is -0.132. The number of hydrogen-bond donors (Lipinski definition) is 1. The number of benzene rings is 1. The van der Waals surface area contributed by atoms with Gasteiger partial charge in [-0.05, 0) is 111 Å². The summed E-state index contributed by atoms with van der Waals surface area (Å²) in [5.74, 6) is 3.64. The van der Waals surface area contributed by atoms with Gasteiger partial charge in [0.15, 0.2) is 0 Å². The molecule has 3 rings (SSSR count). The maximum absolute atomic E-state index is 13.0. The van der Waals surface area contributed by atoms with Gasteiger partial charge in [-0.2, -0.15) is 0 Å². The quantitative estimate of drug-likeness (QED) is 0.435. The number of ketones is 1. The standard InChI is InChI=1S/C29H44O2/c1-7-22(19(2)3)10-8-21(5)26-14-15-27-25(28(31)16-17-29(26,27)6)13-11-23-18-24(30)12-9-20(23)4/h7,9,12,18-19,21,25-27,30H,8,10-11,13-17H2,1-6H3/b22-7-/t21-,25+,26-,27+,29-/m1/s1. The van der Waals surface area contributed by atoms with E-state index in [-0.39, 0.29) is 5.92 Å². The van der Waals surface area contributed by atoms with Crippen molar-refractivity contribution in [1.82, 2.24) is 0 Å². The maximum atomic E-state index is 13.0. The van der Waals surface area contributed by atoms with Crippen molar-refractivity contribution in [1.29, 1.82) is 0 Å². The fraction of sp³-hybridized carbons (Fsp3) is 0.690. The Balaban J connectivity index is 1.69. The molecular weight excluding hydrogens is 380 g/mol. The zero-order valence-electron chi connectivity index (χ0n) is 20.7. The van der Waals surface area contributed by atoms with Crippen molar-refractivity contribution >= 4 is 5.78 Å². The smallest absolute Gasteiger partial charge is 0.136 e. The first kappa shape index (κ1) is 24.1. The zero-order valence-corrected chi connectivity index (χ0v) is 20.7. The van der Waals surface area contributed by atoms with Gasteiger partial charge in [0.25, 0.3) is 0 Å². The van der Waals surface area contributed by atoms with Crippen molar-refractivity contribution in [2.75, 3.05) is 0 Å². The van der Waals surface area contributed by atoms with E-state index in [1.54, 1.807) is 11.6 Å². The SMILES string of the molecule is C/C=C(/CC[C@@H](C)[C@H]1CC[C@H]2[C@H](CCc3cc(O)ccc3C)C(=O)CC[C@]12C)C(C)C. The van der Waals surface area contributed by atoms with Gasteiger partial charge in [0, 0.05) is 12.3 Å². The number of allylic oxidation sites excluding steroid dienone is 2. The van der Waals surface area contributed by atoms with Crippen LogP contribution in [0.1, 0.15) is 90.7 Å². The largest absolute Gasteiger partial charge is 0.508 e. The van der Waals surface area contributed by atoms with E-state index in [4.69, 9.17) is 0 Å². The van der Waals surface area contributed by atoms with Gasteiger partial charge in [0.05, 0.1) is 0 Å². The van der Waals surface area contributed by atoms with Crippen LogP contribution in [0.3, 0.4) is 0 Å². The van der Waals surface area contributed by atoms with Gasteiger partial charge < -0.3 is 5.11 Å². The minimum absolute atomic E-state index is 0.194. The molecule has 2 saturated carbocycles. The molecule has 1 aromatic carbocycles. The maximum Gasteiger partial charge on any atom is 0.136 e. The first-order chi connectivity index (χ1) is 14.7. The van der Waals surface area contributed by atoms with E-state index in [0.29, 0.717) is 34.7 Å². The van der Waals surface area contributed by atoms with Crippen LogP contribution in [-0.4, -0.2) is 10.9 Å². The third kappa shape index (κ3) is 5.10. The molecule has 0 bridgehead atoms. The molecule has 5 atom stereocenters. The molecule has 0 unspecified atom stereocenters. The zero-order chi connectivity index (χ0) is 22.8. The molecule has 2 fully saturated rings. The summed E-state index contributed by atoms with van der Waals surface area (Å²) in [4.78, 5) is 13.0.